The molecule has 0 bridgehead atoms. The number of pyridine rings is 1. The fourth-order valence-corrected chi connectivity index (χ4v) is 1.54. The van der Waals surface area contributed by atoms with E-state index in [1.54, 1.807) is 18.2 Å². The first kappa shape index (κ1) is 11.6. The Morgan fingerprint density at radius 3 is 2.72 bits per heavy atom. The van der Waals surface area contributed by atoms with Crippen molar-refractivity contribution in [1.82, 2.24) is 4.98 Å². The highest BCUT2D eigenvalue weighted by Gasteiger charge is 2.12. The van der Waals surface area contributed by atoms with Crippen molar-refractivity contribution < 1.29 is 15.0 Å². The average Bonchev–Trinajstić information content (AvgIpc) is 2.38. The number of aromatic hydroxyl groups is 1. The molecule has 88 valence electrons. The van der Waals surface area contributed by atoms with Crippen LogP contribution in [0, 0.1) is 11.3 Å². The highest BCUT2D eigenvalue weighted by molar-refractivity contribution is 5.91. The second-order valence-electron chi connectivity index (χ2n) is 3.58. The van der Waals surface area contributed by atoms with Crippen molar-refractivity contribution >= 4 is 5.97 Å². The smallest absolute Gasteiger partial charge is 0.337 e. The number of nitriles is 1. The molecular weight excluding hydrogens is 232 g/mol. The van der Waals surface area contributed by atoms with Crippen molar-refractivity contribution in [2.75, 3.05) is 0 Å². The molecule has 0 aliphatic heterocycles. The minimum atomic E-state index is -1.18. The van der Waals surface area contributed by atoms with Crippen LogP contribution in [-0.2, 0) is 0 Å². The molecule has 2 aromatic rings. The minimum absolute atomic E-state index is 0.00593. The lowest BCUT2D eigenvalue weighted by Crippen LogP contribution is -2.01. The van der Waals surface area contributed by atoms with Gasteiger partial charge in [-0.05, 0) is 18.2 Å². The lowest BCUT2D eigenvalue weighted by Gasteiger charge is -2.04. The van der Waals surface area contributed by atoms with E-state index in [2.05, 4.69) is 4.98 Å². The fraction of sp³-hybridized carbons (Fsp3) is 0. The number of nitrogens with zero attached hydrogens (tertiary/aromatic N) is 2. The molecule has 5 heteroatoms. The first-order valence-electron chi connectivity index (χ1n) is 5.04. The van der Waals surface area contributed by atoms with E-state index in [9.17, 15) is 9.90 Å². The van der Waals surface area contributed by atoms with Gasteiger partial charge in [0.15, 0.2) is 0 Å². The van der Waals surface area contributed by atoms with Gasteiger partial charge >= 0.3 is 5.97 Å². The summed E-state index contributed by atoms with van der Waals surface area (Å²) in [6.45, 7) is 0. The van der Waals surface area contributed by atoms with Gasteiger partial charge in [-0.15, -0.1) is 0 Å². The largest absolute Gasteiger partial charge is 0.508 e. The average molecular weight is 240 g/mol. The van der Waals surface area contributed by atoms with Crippen molar-refractivity contribution in [1.29, 1.82) is 5.26 Å². The summed E-state index contributed by atoms with van der Waals surface area (Å²) in [5, 5.41) is 27.1. The monoisotopic (exact) mass is 240 g/mol. The Labute approximate surface area is 103 Å². The molecule has 0 unspecified atom stereocenters. The molecular formula is C13H8N2O3. The van der Waals surface area contributed by atoms with Gasteiger partial charge in [-0.3, -0.25) is 4.98 Å². The lowest BCUT2D eigenvalue weighted by atomic mass is 10.1. The van der Waals surface area contributed by atoms with Crippen LogP contribution in [0.4, 0.5) is 0 Å². The van der Waals surface area contributed by atoms with Crippen molar-refractivity contribution in [3.63, 3.8) is 0 Å². The van der Waals surface area contributed by atoms with Crippen molar-refractivity contribution in [2.24, 2.45) is 0 Å². The van der Waals surface area contributed by atoms with E-state index in [1.807, 2.05) is 0 Å². The minimum Gasteiger partial charge on any atom is -0.508 e. The van der Waals surface area contributed by atoms with Crippen molar-refractivity contribution in [3.8, 4) is 23.1 Å². The van der Waals surface area contributed by atoms with E-state index in [4.69, 9.17) is 10.4 Å². The summed E-state index contributed by atoms with van der Waals surface area (Å²) in [4.78, 5) is 15.0. The molecule has 0 spiro atoms. The first-order chi connectivity index (χ1) is 8.61. The normalized spacial score (nSPS) is 9.72. The number of aromatic nitrogens is 1. The predicted molar refractivity (Wildman–Crippen MR) is 63.0 cm³/mol. The van der Waals surface area contributed by atoms with Crippen LogP contribution in [0.3, 0.4) is 0 Å². The van der Waals surface area contributed by atoms with Crippen LogP contribution in [-0.4, -0.2) is 21.2 Å². The number of carboxylic acids is 1. The van der Waals surface area contributed by atoms with Gasteiger partial charge in [0.25, 0.3) is 0 Å². The topological polar surface area (TPSA) is 94.2 Å². The van der Waals surface area contributed by atoms with Crippen LogP contribution in [0.25, 0.3) is 11.3 Å². The molecule has 0 aliphatic carbocycles. The Bertz CT molecular complexity index is 660. The molecule has 0 aliphatic rings. The summed E-state index contributed by atoms with van der Waals surface area (Å²) in [5.41, 5.74) is 0.876. The van der Waals surface area contributed by atoms with E-state index < -0.39 is 5.97 Å². The van der Waals surface area contributed by atoms with E-state index in [0.717, 1.165) is 0 Å². The molecule has 0 atom stereocenters. The SMILES string of the molecule is N#Cc1cnc(-c2cccc(O)c2)cc1C(=O)O. The third-order valence-electron chi connectivity index (χ3n) is 2.40. The number of carboxylic acid groups (broad SMARTS) is 1. The van der Waals surface area contributed by atoms with Gasteiger partial charge in [0.05, 0.1) is 16.8 Å². The maximum Gasteiger partial charge on any atom is 0.337 e. The Kier molecular flexibility index (Phi) is 2.94. The number of rotatable bonds is 2. The fourth-order valence-electron chi connectivity index (χ4n) is 1.54. The summed E-state index contributed by atoms with van der Waals surface area (Å²) in [7, 11) is 0. The van der Waals surface area contributed by atoms with Crippen molar-refractivity contribution in [2.45, 2.75) is 0 Å². The molecule has 1 aromatic heterocycles. The number of aromatic carboxylic acids is 1. The molecule has 0 amide bonds. The number of hydrogen-bond donors (Lipinski definition) is 2. The Hall–Kier alpha value is -2.87. The number of carbonyl (C=O) groups is 1. The Balaban J connectivity index is 2.58. The Morgan fingerprint density at radius 1 is 1.33 bits per heavy atom. The molecule has 0 saturated heterocycles. The number of hydrogen-bond acceptors (Lipinski definition) is 4. The zero-order chi connectivity index (χ0) is 13.1. The molecule has 2 N–H and O–H groups in total. The zero-order valence-electron chi connectivity index (χ0n) is 9.16. The van der Waals surface area contributed by atoms with Crippen LogP contribution >= 0.6 is 0 Å². The summed E-state index contributed by atoms with van der Waals surface area (Å²) in [6, 6.07) is 9.39. The standard InChI is InChI=1S/C13H8N2O3/c14-6-9-7-15-12(5-11(9)13(17)18)8-2-1-3-10(16)4-8/h1-5,7,16H,(H,17,18). The van der Waals surface area contributed by atoms with Crippen LogP contribution in [0.1, 0.15) is 15.9 Å². The predicted octanol–water partition coefficient (Wildman–Crippen LogP) is 2.02. The van der Waals surface area contributed by atoms with E-state index >= 15 is 0 Å². The molecule has 0 fully saturated rings. The van der Waals surface area contributed by atoms with Gasteiger partial charge in [-0.2, -0.15) is 5.26 Å². The number of benzene rings is 1. The van der Waals surface area contributed by atoms with Crippen LogP contribution in [0.2, 0.25) is 0 Å². The molecule has 1 heterocycles. The highest BCUT2D eigenvalue weighted by Crippen LogP contribution is 2.23. The summed E-state index contributed by atoms with van der Waals surface area (Å²) in [6.07, 6.45) is 1.21. The van der Waals surface area contributed by atoms with E-state index in [1.165, 1.54) is 24.4 Å². The van der Waals surface area contributed by atoms with Gasteiger partial charge in [-0.1, -0.05) is 12.1 Å². The summed E-state index contributed by atoms with van der Waals surface area (Å²) >= 11 is 0. The van der Waals surface area contributed by atoms with Gasteiger partial charge in [0.2, 0.25) is 0 Å². The van der Waals surface area contributed by atoms with Crippen LogP contribution in [0.15, 0.2) is 36.5 Å². The highest BCUT2D eigenvalue weighted by atomic mass is 16.4. The molecule has 2 rings (SSSR count). The van der Waals surface area contributed by atoms with E-state index in [0.29, 0.717) is 11.3 Å². The second-order valence-corrected chi connectivity index (χ2v) is 3.58. The first-order valence-corrected chi connectivity index (χ1v) is 5.04. The molecule has 1 aromatic carbocycles. The van der Waals surface area contributed by atoms with Crippen LogP contribution < -0.4 is 0 Å². The molecule has 0 radical (unpaired) electrons. The molecule has 5 nitrogen and oxygen atoms in total. The maximum absolute atomic E-state index is 11.0. The lowest BCUT2D eigenvalue weighted by molar-refractivity contribution is 0.0696. The van der Waals surface area contributed by atoms with Gasteiger partial charge in [-0.25, -0.2) is 4.79 Å². The number of phenols is 1. The second kappa shape index (κ2) is 4.55. The molecule has 0 saturated carbocycles. The number of phenolic OH excluding ortho intramolecular Hbond substituents is 1. The van der Waals surface area contributed by atoms with Gasteiger partial charge in [0, 0.05) is 11.8 Å². The zero-order valence-corrected chi connectivity index (χ0v) is 9.16. The Morgan fingerprint density at radius 2 is 2.11 bits per heavy atom. The van der Waals surface area contributed by atoms with Crippen LogP contribution in [0.5, 0.6) is 5.75 Å². The third-order valence-corrected chi connectivity index (χ3v) is 2.40. The van der Waals surface area contributed by atoms with Crippen molar-refractivity contribution in [3.05, 3.63) is 47.7 Å². The van der Waals surface area contributed by atoms with E-state index in [-0.39, 0.29) is 16.9 Å². The van der Waals surface area contributed by atoms with Gasteiger partial charge in [0.1, 0.15) is 11.8 Å². The third kappa shape index (κ3) is 2.13. The summed E-state index contributed by atoms with van der Waals surface area (Å²) < 4.78 is 0. The maximum atomic E-state index is 11.0. The summed E-state index contributed by atoms with van der Waals surface area (Å²) in [5.74, 6) is -1.12. The molecule has 18 heavy (non-hydrogen) atoms. The van der Waals surface area contributed by atoms with Gasteiger partial charge < -0.3 is 10.2 Å². The quantitative estimate of drug-likeness (QED) is 0.837.